The molecule has 1 heterocycles. The summed E-state index contributed by atoms with van der Waals surface area (Å²) in [6, 6.07) is 1.98. The van der Waals surface area contributed by atoms with E-state index in [-0.39, 0.29) is 6.04 Å². The third kappa shape index (κ3) is 1.94. The molecule has 1 aromatic heterocycles. The molecule has 0 spiro atoms. The first-order valence-electron chi connectivity index (χ1n) is 3.85. The van der Waals surface area contributed by atoms with Crippen LogP contribution < -0.4 is 11.3 Å². The zero-order chi connectivity index (χ0) is 8.97. The highest BCUT2D eigenvalue weighted by Crippen LogP contribution is 2.22. The number of nitrogens with zero attached hydrogens (tertiary/aromatic N) is 1. The molecule has 3 nitrogen and oxygen atoms in total. The van der Waals surface area contributed by atoms with E-state index in [0.29, 0.717) is 5.02 Å². The third-order valence-corrected chi connectivity index (χ3v) is 2.10. The third-order valence-electron chi connectivity index (χ3n) is 1.79. The second-order valence-electron chi connectivity index (χ2n) is 2.52. The summed E-state index contributed by atoms with van der Waals surface area (Å²) in [5.74, 6) is 5.36. The van der Waals surface area contributed by atoms with Crippen molar-refractivity contribution in [3.05, 3.63) is 29.0 Å². The summed E-state index contributed by atoms with van der Waals surface area (Å²) in [6.07, 6.45) is 4.23. The number of hydrazine groups is 1. The predicted molar refractivity (Wildman–Crippen MR) is 49.6 cm³/mol. The lowest BCUT2D eigenvalue weighted by atomic mass is 10.1. The topological polar surface area (TPSA) is 50.9 Å². The Bertz CT molecular complexity index is 248. The molecule has 0 saturated heterocycles. The van der Waals surface area contributed by atoms with E-state index in [1.54, 1.807) is 12.4 Å². The van der Waals surface area contributed by atoms with E-state index >= 15 is 0 Å². The van der Waals surface area contributed by atoms with Crippen molar-refractivity contribution in [1.82, 2.24) is 10.4 Å². The molecule has 0 aliphatic carbocycles. The molecule has 12 heavy (non-hydrogen) atoms. The molecule has 0 fully saturated rings. The van der Waals surface area contributed by atoms with Crippen LogP contribution in [0, 0.1) is 0 Å². The standard InChI is InChI=1S/C8H12ClN3/c1-2-8(12-10)6-3-4-11-5-7(6)9/h3-5,8,12H,2,10H2,1H3. The molecule has 0 aromatic carbocycles. The number of pyridine rings is 1. The van der Waals surface area contributed by atoms with Crippen LogP contribution in [-0.2, 0) is 0 Å². The maximum absolute atomic E-state index is 5.92. The zero-order valence-electron chi connectivity index (χ0n) is 6.92. The van der Waals surface area contributed by atoms with Crippen molar-refractivity contribution in [1.29, 1.82) is 0 Å². The van der Waals surface area contributed by atoms with Crippen LogP contribution in [0.1, 0.15) is 24.9 Å². The molecule has 0 aliphatic heterocycles. The van der Waals surface area contributed by atoms with Crippen molar-refractivity contribution in [3.8, 4) is 0 Å². The summed E-state index contributed by atoms with van der Waals surface area (Å²) < 4.78 is 0. The zero-order valence-corrected chi connectivity index (χ0v) is 7.67. The fourth-order valence-electron chi connectivity index (χ4n) is 1.10. The molecule has 0 radical (unpaired) electrons. The largest absolute Gasteiger partial charge is 0.271 e. The number of nitrogens with two attached hydrogens (primary N) is 1. The number of aromatic nitrogens is 1. The minimum Gasteiger partial charge on any atom is -0.271 e. The van der Waals surface area contributed by atoms with Crippen LogP contribution in [0.2, 0.25) is 5.02 Å². The molecule has 1 rings (SSSR count). The molecular weight excluding hydrogens is 174 g/mol. The second-order valence-corrected chi connectivity index (χ2v) is 2.93. The average molecular weight is 186 g/mol. The van der Waals surface area contributed by atoms with Crippen LogP contribution in [0.3, 0.4) is 0 Å². The Morgan fingerprint density at radius 2 is 2.50 bits per heavy atom. The van der Waals surface area contributed by atoms with Gasteiger partial charge in [0, 0.05) is 18.4 Å². The Morgan fingerprint density at radius 1 is 1.75 bits per heavy atom. The lowest BCUT2D eigenvalue weighted by Crippen LogP contribution is -2.27. The van der Waals surface area contributed by atoms with Gasteiger partial charge in [0.15, 0.2) is 0 Å². The van der Waals surface area contributed by atoms with Gasteiger partial charge in [-0.1, -0.05) is 18.5 Å². The molecule has 0 bridgehead atoms. The Labute approximate surface area is 76.9 Å². The van der Waals surface area contributed by atoms with Gasteiger partial charge in [0.25, 0.3) is 0 Å². The van der Waals surface area contributed by atoms with Gasteiger partial charge in [0.05, 0.1) is 5.02 Å². The lowest BCUT2D eigenvalue weighted by molar-refractivity contribution is 0.539. The van der Waals surface area contributed by atoms with Crippen molar-refractivity contribution in [3.63, 3.8) is 0 Å². The predicted octanol–water partition coefficient (Wildman–Crippen LogP) is 1.65. The van der Waals surface area contributed by atoms with Crippen LogP contribution in [0.25, 0.3) is 0 Å². The van der Waals surface area contributed by atoms with E-state index in [0.717, 1.165) is 12.0 Å². The molecule has 0 saturated carbocycles. The number of hydrogen-bond donors (Lipinski definition) is 2. The van der Waals surface area contributed by atoms with Gasteiger partial charge in [-0.2, -0.15) is 0 Å². The Balaban J connectivity index is 2.92. The SMILES string of the molecule is CCC(NN)c1ccncc1Cl. The molecule has 0 amide bonds. The number of halogens is 1. The van der Waals surface area contributed by atoms with Crippen molar-refractivity contribution >= 4 is 11.6 Å². The monoisotopic (exact) mass is 185 g/mol. The van der Waals surface area contributed by atoms with Gasteiger partial charge in [0.1, 0.15) is 0 Å². The quantitative estimate of drug-likeness (QED) is 0.556. The van der Waals surface area contributed by atoms with Crippen LogP contribution in [0.15, 0.2) is 18.5 Å². The average Bonchev–Trinajstić information content (AvgIpc) is 2.10. The highest BCUT2D eigenvalue weighted by atomic mass is 35.5. The first-order chi connectivity index (χ1) is 5.79. The molecule has 1 atom stereocenters. The summed E-state index contributed by atoms with van der Waals surface area (Å²) >= 11 is 5.92. The van der Waals surface area contributed by atoms with Gasteiger partial charge in [-0.3, -0.25) is 16.3 Å². The Kier molecular flexibility index (Phi) is 3.47. The fourth-order valence-corrected chi connectivity index (χ4v) is 1.35. The fraction of sp³-hybridized carbons (Fsp3) is 0.375. The summed E-state index contributed by atoms with van der Waals surface area (Å²) in [4.78, 5) is 3.90. The van der Waals surface area contributed by atoms with E-state index in [1.165, 1.54) is 0 Å². The van der Waals surface area contributed by atoms with E-state index in [1.807, 2.05) is 13.0 Å². The van der Waals surface area contributed by atoms with Crippen molar-refractivity contribution in [2.75, 3.05) is 0 Å². The summed E-state index contributed by atoms with van der Waals surface area (Å²) in [5, 5.41) is 0.655. The minimum atomic E-state index is 0.112. The van der Waals surface area contributed by atoms with E-state index in [4.69, 9.17) is 17.4 Å². The first kappa shape index (κ1) is 9.45. The Morgan fingerprint density at radius 3 is 3.00 bits per heavy atom. The van der Waals surface area contributed by atoms with Gasteiger partial charge >= 0.3 is 0 Å². The summed E-state index contributed by atoms with van der Waals surface area (Å²) in [6.45, 7) is 2.04. The first-order valence-corrected chi connectivity index (χ1v) is 4.23. The van der Waals surface area contributed by atoms with Gasteiger partial charge < -0.3 is 0 Å². The molecule has 66 valence electrons. The van der Waals surface area contributed by atoms with Crippen LogP contribution in [0.4, 0.5) is 0 Å². The van der Waals surface area contributed by atoms with Crippen molar-refractivity contribution in [2.45, 2.75) is 19.4 Å². The Hall–Kier alpha value is -0.640. The maximum Gasteiger partial charge on any atom is 0.0637 e. The molecule has 0 aliphatic rings. The molecule has 1 aromatic rings. The van der Waals surface area contributed by atoms with Crippen molar-refractivity contribution in [2.24, 2.45) is 5.84 Å². The normalized spacial score (nSPS) is 12.9. The summed E-state index contributed by atoms with van der Waals surface area (Å²) in [5.41, 5.74) is 3.69. The number of nitrogens with one attached hydrogen (secondary N) is 1. The molecule has 3 N–H and O–H groups in total. The van der Waals surface area contributed by atoms with E-state index < -0.39 is 0 Å². The van der Waals surface area contributed by atoms with Gasteiger partial charge in [0.2, 0.25) is 0 Å². The highest BCUT2D eigenvalue weighted by molar-refractivity contribution is 6.31. The minimum absolute atomic E-state index is 0.112. The highest BCUT2D eigenvalue weighted by Gasteiger charge is 2.09. The number of hydrogen-bond acceptors (Lipinski definition) is 3. The van der Waals surface area contributed by atoms with Gasteiger partial charge in [-0.15, -0.1) is 0 Å². The lowest BCUT2D eigenvalue weighted by Gasteiger charge is -2.14. The second kappa shape index (κ2) is 4.40. The molecular formula is C8H12ClN3. The van der Waals surface area contributed by atoms with Crippen LogP contribution in [0.5, 0.6) is 0 Å². The van der Waals surface area contributed by atoms with E-state index in [9.17, 15) is 0 Å². The molecule has 1 unspecified atom stereocenters. The van der Waals surface area contributed by atoms with Crippen LogP contribution >= 0.6 is 11.6 Å². The summed E-state index contributed by atoms with van der Waals surface area (Å²) in [7, 11) is 0. The van der Waals surface area contributed by atoms with Gasteiger partial charge in [-0.05, 0) is 18.1 Å². The smallest absolute Gasteiger partial charge is 0.0637 e. The van der Waals surface area contributed by atoms with E-state index in [2.05, 4.69) is 10.4 Å². The molecule has 4 heteroatoms. The van der Waals surface area contributed by atoms with Crippen LogP contribution in [-0.4, -0.2) is 4.98 Å². The van der Waals surface area contributed by atoms with Crippen molar-refractivity contribution < 1.29 is 0 Å². The number of rotatable bonds is 3. The van der Waals surface area contributed by atoms with Gasteiger partial charge in [-0.25, -0.2) is 0 Å². The maximum atomic E-state index is 5.92.